The van der Waals surface area contributed by atoms with Crippen LogP contribution in [0.1, 0.15) is 11.1 Å². The summed E-state index contributed by atoms with van der Waals surface area (Å²) >= 11 is 1.27. The van der Waals surface area contributed by atoms with Crippen molar-refractivity contribution in [3.8, 4) is 5.75 Å². The number of aromatic nitrogens is 2. The maximum Gasteiger partial charge on any atom is 0.280 e. The highest BCUT2D eigenvalue weighted by Gasteiger charge is 2.11. The Bertz CT molecular complexity index is 972. The maximum atomic E-state index is 13.7. The molecule has 0 saturated carbocycles. The summed E-state index contributed by atoms with van der Waals surface area (Å²) in [6.45, 7) is 1.90. The minimum Gasteiger partial charge on any atom is -0.494 e. The topological polar surface area (TPSA) is 70.1 Å². The minimum atomic E-state index is -0.428. The Morgan fingerprint density at radius 1 is 1.29 bits per heavy atom. The largest absolute Gasteiger partial charge is 0.494 e. The third-order valence-corrected chi connectivity index (χ3v) is 4.63. The number of thioether (sulfide) groups is 1. The van der Waals surface area contributed by atoms with Gasteiger partial charge in [-0.3, -0.25) is 4.79 Å². The van der Waals surface area contributed by atoms with Crippen molar-refractivity contribution in [1.82, 2.24) is 9.66 Å². The summed E-state index contributed by atoms with van der Waals surface area (Å²) in [7, 11) is 1.42. The zero-order valence-corrected chi connectivity index (χ0v) is 14.1. The van der Waals surface area contributed by atoms with Gasteiger partial charge in [0.15, 0.2) is 16.7 Å². The number of rotatable bonds is 4. The van der Waals surface area contributed by atoms with Crippen LogP contribution in [0.15, 0.2) is 46.3 Å². The van der Waals surface area contributed by atoms with E-state index in [1.807, 2.05) is 13.0 Å². The monoisotopic (exact) mass is 345 g/mol. The summed E-state index contributed by atoms with van der Waals surface area (Å²) in [4.78, 5) is 16.8. The molecule has 0 aliphatic carbocycles. The highest BCUT2D eigenvalue weighted by atomic mass is 32.2. The summed E-state index contributed by atoms with van der Waals surface area (Å²) < 4.78 is 19.7. The van der Waals surface area contributed by atoms with Gasteiger partial charge in [-0.2, -0.15) is 0 Å². The molecular weight excluding hydrogens is 329 g/mol. The Hall–Kier alpha value is -2.54. The molecule has 2 aromatic carbocycles. The summed E-state index contributed by atoms with van der Waals surface area (Å²) in [5, 5.41) is 0.866. The first-order chi connectivity index (χ1) is 11.5. The molecule has 1 heterocycles. The van der Waals surface area contributed by atoms with Gasteiger partial charge in [0.1, 0.15) is 0 Å². The average Bonchev–Trinajstić information content (AvgIpc) is 2.57. The van der Waals surface area contributed by atoms with Crippen molar-refractivity contribution >= 4 is 22.7 Å². The normalized spacial score (nSPS) is 11.0. The third kappa shape index (κ3) is 3.07. The van der Waals surface area contributed by atoms with Gasteiger partial charge in [0.25, 0.3) is 5.56 Å². The Kier molecular flexibility index (Phi) is 4.44. The van der Waals surface area contributed by atoms with Gasteiger partial charge in [0.05, 0.1) is 18.0 Å². The number of ether oxygens (including phenoxy) is 1. The second-order valence-electron chi connectivity index (χ2n) is 5.35. The van der Waals surface area contributed by atoms with Gasteiger partial charge in [-0.1, -0.05) is 29.5 Å². The second kappa shape index (κ2) is 6.52. The molecule has 1 aromatic heterocycles. The lowest BCUT2D eigenvalue weighted by molar-refractivity contribution is 0.386. The van der Waals surface area contributed by atoms with Gasteiger partial charge in [0.2, 0.25) is 0 Å². The molecular formula is C17H16FN3O2S. The van der Waals surface area contributed by atoms with E-state index in [1.54, 1.807) is 24.3 Å². The summed E-state index contributed by atoms with van der Waals surface area (Å²) in [5.74, 6) is 6.06. The first kappa shape index (κ1) is 16.3. The molecule has 124 valence electrons. The number of halogens is 1. The molecule has 0 aliphatic heterocycles. The number of nitrogens with two attached hydrogens (primary N) is 1. The Labute approximate surface area is 142 Å². The smallest absolute Gasteiger partial charge is 0.280 e. The van der Waals surface area contributed by atoms with E-state index in [-0.39, 0.29) is 11.3 Å². The molecule has 0 radical (unpaired) electrons. The van der Waals surface area contributed by atoms with Crippen LogP contribution in [0.4, 0.5) is 4.39 Å². The Balaban J connectivity index is 1.90. The SMILES string of the molecule is COc1ccc(CSc2nc3ccc(C)cc3c(=O)n2N)cc1F. The molecule has 5 nitrogen and oxygen atoms in total. The number of fused-ring (bicyclic) bond motifs is 1. The van der Waals surface area contributed by atoms with Gasteiger partial charge >= 0.3 is 0 Å². The van der Waals surface area contributed by atoms with Crippen LogP contribution < -0.4 is 16.1 Å². The van der Waals surface area contributed by atoms with Crippen molar-refractivity contribution in [3.63, 3.8) is 0 Å². The van der Waals surface area contributed by atoms with E-state index in [2.05, 4.69) is 4.98 Å². The molecule has 3 rings (SSSR count). The van der Waals surface area contributed by atoms with E-state index in [1.165, 1.54) is 24.9 Å². The van der Waals surface area contributed by atoms with Crippen molar-refractivity contribution in [2.45, 2.75) is 17.8 Å². The minimum absolute atomic E-state index is 0.193. The van der Waals surface area contributed by atoms with Crippen LogP contribution in [0.3, 0.4) is 0 Å². The fourth-order valence-corrected chi connectivity index (χ4v) is 3.20. The third-order valence-electron chi connectivity index (χ3n) is 3.61. The van der Waals surface area contributed by atoms with Gasteiger partial charge in [-0.05, 0) is 36.8 Å². The van der Waals surface area contributed by atoms with Gasteiger partial charge < -0.3 is 10.6 Å². The zero-order valence-electron chi connectivity index (χ0n) is 13.2. The fraction of sp³-hybridized carbons (Fsp3) is 0.176. The van der Waals surface area contributed by atoms with Gasteiger partial charge in [0, 0.05) is 5.75 Å². The van der Waals surface area contributed by atoms with Crippen molar-refractivity contribution in [3.05, 3.63) is 63.7 Å². The molecule has 0 unspecified atom stereocenters. The molecule has 0 bridgehead atoms. The number of nitrogens with zero attached hydrogens (tertiary/aromatic N) is 2. The van der Waals surface area contributed by atoms with Crippen molar-refractivity contribution in [2.75, 3.05) is 13.0 Å². The van der Waals surface area contributed by atoms with Crippen LogP contribution in [0, 0.1) is 12.7 Å². The van der Waals surface area contributed by atoms with E-state index in [4.69, 9.17) is 10.6 Å². The van der Waals surface area contributed by atoms with Gasteiger partial charge in [-0.25, -0.2) is 14.1 Å². The van der Waals surface area contributed by atoms with E-state index in [9.17, 15) is 9.18 Å². The molecule has 0 fully saturated rings. The molecule has 0 aliphatic rings. The van der Waals surface area contributed by atoms with Crippen molar-refractivity contribution < 1.29 is 9.13 Å². The van der Waals surface area contributed by atoms with E-state index in [0.717, 1.165) is 15.8 Å². The van der Waals surface area contributed by atoms with Crippen molar-refractivity contribution in [2.24, 2.45) is 0 Å². The molecule has 0 atom stereocenters. The number of nitrogen functional groups attached to an aromatic ring is 1. The quantitative estimate of drug-likeness (QED) is 0.447. The van der Waals surface area contributed by atoms with Crippen LogP contribution in [0.5, 0.6) is 5.75 Å². The van der Waals surface area contributed by atoms with Gasteiger partial charge in [-0.15, -0.1) is 0 Å². The van der Waals surface area contributed by atoms with E-state index < -0.39 is 5.82 Å². The molecule has 0 spiro atoms. The molecule has 3 aromatic rings. The lowest BCUT2D eigenvalue weighted by atomic mass is 10.2. The lowest BCUT2D eigenvalue weighted by Crippen LogP contribution is -2.29. The van der Waals surface area contributed by atoms with Crippen LogP contribution in [-0.2, 0) is 5.75 Å². The predicted octanol–water partition coefficient (Wildman–Crippen LogP) is 2.86. The van der Waals surface area contributed by atoms with Crippen LogP contribution in [-0.4, -0.2) is 16.8 Å². The van der Waals surface area contributed by atoms with Crippen LogP contribution >= 0.6 is 11.8 Å². The predicted molar refractivity (Wildman–Crippen MR) is 93.4 cm³/mol. The second-order valence-corrected chi connectivity index (χ2v) is 6.29. The lowest BCUT2D eigenvalue weighted by Gasteiger charge is -2.09. The fourth-order valence-electron chi connectivity index (χ4n) is 2.34. The number of aryl methyl sites for hydroxylation is 1. The number of hydrogen-bond donors (Lipinski definition) is 1. The highest BCUT2D eigenvalue weighted by Crippen LogP contribution is 2.24. The Morgan fingerprint density at radius 2 is 2.08 bits per heavy atom. The average molecular weight is 345 g/mol. The summed E-state index contributed by atoms with van der Waals surface area (Å²) in [5.41, 5.74) is 2.01. The van der Waals surface area contributed by atoms with Crippen LogP contribution in [0.25, 0.3) is 10.9 Å². The number of benzene rings is 2. The maximum absolute atomic E-state index is 13.7. The molecule has 24 heavy (non-hydrogen) atoms. The number of hydrogen-bond acceptors (Lipinski definition) is 5. The molecule has 0 saturated heterocycles. The summed E-state index contributed by atoms with van der Waals surface area (Å²) in [6, 6.07) is 10.2. The zero-order chi connectivity index (χ0) is 17.3. The molecule has 0 amide bonds. The van der Waals surface area contributed by atoms with Crippen molar-refractivity contribution in [1.29, 1.82) is 0 Å². The summed E-state index contributed by atoms with van der Waals surface area (Å²) in [6.07, 6.45) is 0. The number of methoxy groups -OCH3 is 1. The van der Waals surface area contributed by atoms with Crippen LogP contribution in [0.2, 0.25) is 0 Å². The molecule has 7 heteroatoms. The standard InChI is InChI=1S/C17H16FN3O2S/c1-10-3-5-14-12(7-10)16(22)21(19)17(20-14)24-9-11-4-6-15(23-2)13(18)8-11/h3-8H,9,19H2,1-2H3. The van der Waals surface area contributed by atoms with E-state index in [0.29, 0.717) is 21.8 Å². The Morgan fingerprint density at radius 3 is 2.79 bits per heavy atom. The molecule has 2 N–H and O–H groups in total. The van der Waals surface area contributed by atoms with E-state index >= 15 is 0 Å². The first-order valence-electron chi connectivity index (χ1n) is 7.23. The highest BCUT2D eigenvalue weighted by molar-refractivity contribution is 7.98. The first-order valence-corrected chi connectivity index (χ1v) is 8.22.